The number of pyridine rings is 1. The molecule has 1 fully saturated rings. The lowest BCUT2D eigenvalue weighted by Crippen LogP contribution is -2.35. The summed E-state index contributed by atoms with van der Waals surface area (Å²) in [4.78, 5) is 32.4. The second-order valence-corrected chi connectivity index (χ2v) is 7.05. The van der Waals surface area contributed by atoms with Crippen molar-refractivity contribution in [3.05, 3.63) is 59.3 Å². The maximum absolute atomic E-state index is 13.8. The molecule has 6 nitrogen and oxygen atoms in total. The van der Waals surface area contributed by atoms with Crippen LogP contribution in [0.5, 0.6) is 0 Å². The average molecular weight is 417 g/mol. The van der Waals surface area contributed by atoms with E-state index in [2.05, 4.69) is 9.88 Å². The zero-order valence-electron chi connectivity index (χ0n) is 16.9. The summed E-state index contributed by atoms with van der Waals surface area (Å²) >= 11 is 0. The normalized spacial score (nSPS) is 14.4. The summed E-state index contributed by atoms with van der Waals surface area (Å²) in [6, 6.07) is 7.16. The van der Waals surface area contributed by atoms with Gasteiger partial charge in [-0.15, -0.1) is 0 Å². The maximum atomic E-state index is 13.8. The Labute approximate surface area is 174 Å². The summed E-state index contributed by atoms with van der Waals surface area (Å²) in [6.45, 7) is 4.44. The van der Waals surface area contributed by atoms with Crippen molar-refractivity contribution in [1.29, 1.82) is 0 Å². The Morgan fingerprint density at radius 2 is 1.83 bits per heavy atom. The van der Waals surface area contributed by atoms with Crippen LogP contribution in [0.4, 0.5) is 14.6 Å². The summed E-state index contributed by atoms with van der Waals surface area (Å²) in [6.07, 6.45) is 2.34. The summed E-state index contributed by atoms with van der Waals surface area (Å²) in [7, 11) is 0. The lowest BCUT2D eigenvalue weighted by molar-refractivity contribution is -0.130. The van der Waals surface area contributed by atoms with Gasteiger partial charge in [-0.25, -0.2) is 18.6 Å². The van der Waals surface area contributed by atoms with E-state index in [0.29, 0.717) is 31.8 Å². The lowest BCUT2D eigenvalue weighted by Gasteiger charge is -2.23. The number of anilines is 1. The molecule has 0 N–H and O–H groups in total. The van der Waals surface area contributed by atoms with E-state index in [-0.39, 0.29) is 24.3 Å². The molecule has 2 aromatic rings. The van der Waals surface area contributed by atoms with Gasteiger partial charge in [-0.3, -0.25) is 4.79 Å². The van der Waals surface area contributed by atoms with Crippen LogP contribution in [0.3, 0.4) is 0 Å². The van der Waals surface area contributed by atoms with E-state index in [1.54, 1.807) is 24.0 Å². The standard InChI is InChI=1S/C22H25F2N3O3/c1-2-30-22(29)16-7-9-20(25-15-16)26-11-4-12-27(14-13-26)21(28)10-8-17-18(23)5-3-6-19(17)24/h3,5-7,9,15H,2,4,8,10-14H2,1H3. The third-order valence-electron chi connectivity index (χ3n) is 5.08. The van der Waals surface area contributed by atoms with Crippen molar-refractivity contribution in [3.8, 4) is 0 Å². The molecule has 2 heterocycles. The third kappa shape index (κ3) is 5.31. The molecule has 0 atom stereocenters. The van der Waals surface area contributed by atoms with Gasteiger partial charge in [0.2, 0.25) is 5.91 Å². The van der Waals surface area contributed by atoms with Crippen molar-refractivity contribution < 1.29 is 23.1 Å². The number of carbonyl (C=O) groups is 2. The van der Waals surface area contributed by atoms with Crippen LogP contribution in [0, 0.1) is 11.6 Å². The minimum absolute atomic E-state index is 0.0361. The number of hydrogen-bond donors (Lipinski definition) is 0. The van der Waals surface area contributed by atoms with E-state index in [0.717, 1.165) is 18.8 Å². The molecule has 1 saturated heterocycles. The van der Waals surface area contributed by atoms with Gasteiger partial charge in [-0.1, -0.05) is 6.07 Å². The van der Waals surface area contributed by atoms with Crippen LogP contribution in [0.15, 0.2) is 36.5 Å². The van der Waals surface area contributed by atoms with E-state index in [1.165, 1.54) is 24.4 Å². The topological polar surface area (TPSA) is 62.7 Å². The molecular formula is C22H25F2N3O3. The Morgan fingerprint density at radius 3 is 2.50 bits per heavy atom. The number of ether oxygens (including phenoxy) is 1. The van der Waals surface area contributed by atoms with Gasteiger partial charge in [0.15, 0.2) is 0 Å². The molecule has 0 bridgehead atoms. The van der Waals surface area contributed by atoms with Gasteiger partial charge in [0, 0.05) is 44.4 Å². The summed E-state index contributed by atoms with van der Waals surface area (Å²) in [5, 5.41) is 0. The van der Waals surface area contributed by atoms with Crippen molar-refractivity contribution in [2.75, 3.05) is 37.7 Å². The summed E-state index contributed by atoms with van der Waals surface area (Å²) < 4.78 is 32.5. The van der Waals surface area contributed by atoms with Gasteiger partial charge in [0.05, 0.1) is 12.2 Å². The van der Waals surface area contributed by atoms with Crippen LogP contribution in [-0.4, -0.2) is 54.5 Å². The van der Waals surface area contributed by atoms with Crippen molar-refractivity contribution in [2.45, 2.75) is 26.2 Å². The molecule has 0 spiro atoms. The average Bonchev–Trinajstić information content (AvgIpc) is 3.00. The van der Waals surface area contributed by atoms with E-state index in [9.17, 15) is 18.4 Å². The molecule has 1 aromatic heterocycles. The number of hydrogen-bond acceptors (Lipinski definition) is 5. The number of amides is 1. The Balaban J connectivity index is 1.55. The van der Waals surface area contributed by atoms with E-state index < -0.39 is 17.6 Å². The van der Waals surface area contributed by atoms with Gasteiger partial charge >= 0.3 is 5.97 Å². The maximum Gasteiger partial charge on any atom is 0.339 e. The molecule has 8 heteroatoms. The van der Waals surface area contributed by atoms with E-state index in [1.807, 2.05) is 0 Å². The van der Waals surface area contributed by atoms with Gasteiger partial charge in [-0.2, -0.15) is 0 Å². The Bertz CT molecular complexity index is 869. The zero-order valence-corrected chi connectivity index (χ0v) is 16.9. The van der Waals surface area contributed by atoms with Crippen LogP contribution in [0.25, 0.3) is 0 Å². The Hall–Kier alpha value is -3.03. The first-order valence-corrected chi connectivity index (χ1v) is 10.1. The number of carbonyl (C=O) groups excluding carboxylic acids is 2. The Morgan fingerprint density at radius 1 is 1.07 bits per heavy atom. The number of halogens is 2. The molecule has 3 rings (SSSR count). The highest BCUT2D eigenvalue weighted by Crippen LogP contribution is 2.17. The minimum atomic E-state index is -0.623. The molecule has 160 valence electrons. The highest BCUT2D eigenvalue weighted by atomic mass is 19.1. The molecule has 1 amide bonds. The van der Waals surface area contributed by atoms with Crippen LogP contribution in [-0.2, 0) is 16.0 Å². The van der Waals surface area contributed by atoms with Crippen LogP contribution in [0.1, 0.15) is 35.7 Å². The number of nitrogens with zero attached hydrogens (tertiary/aromatic N) is 3. The van der Waals surface area contributed by atoms with E-state index >= 15 is 0 Å². The second-order valence-electron chi connectivity index (χ2n) is 7.05. The highest BCUT2D eigenvalue weighted by molar-refractivity contribution is 5.89. The van der Waals surface area contributed by atoms with Crippen LogP contribution >= 0.6 is 0 Å². The smallest absolute Gasteiger partial charge is 0.339 e. The number of benzene rings is 1. The largest absolute Gasteiger partial charge is 0.462 e. The quantitative estimate of drug-likeness (QED) is 0.676. The first-order valence-electron chi connectivity index (χ1n) is 10.1. The molecule has 0 aliphatic carbocycles. The van der Waals surface area contributed by atoms with Gasteiger partial charge in [0.1, 0.15) is 17.5 Å². The van der Waals surface area contributed by atoms with Gasteiger partial charge in [0.25, 0.3) is 0 Å². The molecule has 0 radical (unpaired) electrons. The van der Waals surface area contributed by atoms with Crippen molar-refractivity contribution >= 4 is 17.7 Å². The number of rotatable bonds is 6. The lowest BCUT2D eigenvalue weighted by atomic mass is 10.1. The molecule has 1 aliphatic rings. The van der Waals surface area contributed by atoms with Crippen LogP contribution in [0.2, 0.25) is 0 Å². The van der Waals surface area contributed by atoms with Gasteiger partial charge in [-0.05, 0) is 44.0 Å². The van der Waals surface area contributed by atoms with E-state index in [4.69, 9.17) is 4.74 Å². The fourth-order valence-corrected chi connectivity index (χ4v) is 3.47. The molecular weight excluding hydrogens is 392 g/mol. The summed E-state index contributed by atoms with van der Waals surface area (Å²) in [5.41, 5.74) is 0.348. The van der Waals surface area contributed by atoms with Crippen LogP contribution < -0.4 is 4.90 Å². The molecule has 0 unspecified atom stereocenters. The van der Waals surface area contributed by atoms with Gasteiger partial charge < -0.3 is 14.5 Å². The highest BCUT2D eigenvalue weighted by Gasteiger charge is 2.21. The van der Waals surface area contributed by atoms with Crippen molar-refractivity contribution in [2.24, 2.45) is 0 Å². The number of esters is 1. The molecule has 1 aromatic carbocycles. The molecule has 30 heavy (non-hydrogen) atoms. The predicted octanol–water partition coefficient (Wildman–Crippen LogP) is 3.21. The predicted molar refractivity (Wildman–Crippen MR) is 108 cm³/mol. The second kappa shape index (κ2) is 10.1. The summed E-state index contributed by atoms with van der Waals surface area (Å²) in [5.74, 6) is -1.05. The Kier molecular flexibility index (Phi) is 7.32. The monoisotopic (exact) mass is 417 g/mol. The van der Waals surface area contributed by atoms with Crippen molar-refractivity contribution in [1.82, 2.24) is 9.88 Å². The fourth-order valence-electron chi connectivity index (χ4n) is 3.47. The molecule has 0 saturated carbocycles. The first kappa shape index (κ1) is 21.7. The zero-order chi connectivity index (χ0) is 21.5. The SMILES string of the molecule is CCOC(=O)c1ccc(N2CCCN(C(=O)CCc3c(F)cccc3F)CC2)nc1. The third-order valence-corrected chi connectivity index (χ3v) is 5.08. The number of aromatic nitrogens is 1. The molecule has 1 aliphatic heterocycles. The van der Waals surface area contributed by atoms with Crippen molar-refractivity contribution in [3.63, 3.8) is 0 Å². The minimum Gasteiger partial charge on any atom is -0.462 e. The first-order chi connectivity index (χ1) is 14.5. The fraction of sp³-hybridized carbons (Fsp3) is 0.409.